The number of rotatable bonds is 9. The van der Waals surface area contributed by atoms with Gasteiger partial charge in [-0.05, 0) is 66.6 Å². The van der Waals surface area contributed by atoms with E-state index in [0.29, 0.717) is 12.1 Å². The normalized spacial score (nSPS) is 13.7. The summed E-state index contributed by atoms with van der Waals surface area (Å²) in [6.07, 6.45) is 0. The summed E-state index contributed by atoms with van der Waals surface area (Å²) in [4.78, 5) is 31.3. The van der Waals surface area contributed by atoms with Crippen LogP contribution in [0, 0.1) is 6.92 Å². The Morgan fingerprint density at radius 3 is 2.31 bits per heavy atom. The Balaban J connectivity index is 1.44. The van der Waals surface area contributed by atoms with Crippen molar-refractivity contribution in [1.82, 2.24) is 9.80 Å². The second-order valence-corrected chi connectivity index (χ2v) is 10.0. The number of methoxy groups -OCH3 is 2. The van der Waals surface area contributed by atoms with Crippen LogP contribution >= 0.6 is 0 Å². The van der Waals surface area contributed by atoms with E-state index in [0.717, 1.165) is 65.6 Å². The third-order valence-electron chi connectivity index (χ3n) is 7.14. The van der Waals surface area contributed by atoms with Crippen molar-refractivity contribution in [2.75, 3.05) is 71.3 Å². The number of aryl methyl sites for hydroxylation is 1. The topological polar surface area (TPSA) is 74.3 Å². The van der Waals surface area contributed by atoms with Gasteiger partial charge in [-0.15, -0.1) is 0 Å². The van der Waals surface area contributed by atoms with Crippen LogP contribution in [-0.4, -0.2) is 82.7 Å². The lowest BCUT2D eigenvalue weighted by Gasteiger charge is -2.34. The molecule has 206 valence electrons. The third kappa shape index (κ3) is 6.96. The summed E-state index contributed by atoms with van der Waals surface area (Å²) >= 11 is 0. The maximum Gasteiger partial charge on any atom is 0.255 e. The number of hydrogen-bond donors (Lipinski definition) is 1. The molecule has 0 spiro atoms. The third-order valence-corrected chi connectivity index (χ3v) is 7.14. The molecule has 39 heavy (non-hydrogen) atoms. The molecular formula is C31H38N4O4. The van der Waals surface area contributed by atoms with Gasteiger partial charge < -0.3 is 29.5 Å². The molecular weight excluding hydrogens is 492 g/mol. The maximum atomic E-state index is 13.1. The van der Waals surface area contributed by atoms with E-state index in [4.69, 9.17) is 9.47 Å². The molecule has 0 saturated carbocycles. The number of piperazine rings is 1. The highest BCUT2D eigenvalue weighted by Gasteiger charge is 2.19. The fourth-order valence-electron chi connectivity index (χ4n) is 4.81. The lowest BCUT2D eigenvalue weighted by molar-refractivity contribution is -0.134. The van der Waals surface area contributed by atoms with Crippen LogP contribution in [0.1, 0.15) is 21.5 Å². The number of nitrogens with zero attached hydrogens (tertiary/aromatic N) is 3. The van der Waals surface area contributed by atoms with Gasteiger partial charge in [0.15, 0.2) is 0 Å². The molecule has 0 radical (unpaired) electrons. The van der Waals surface area contributed by atoms with E-state index in [-0.39, 0.29) is 18.4 Å². The van der Waals surface area contributed by atoms with E-state index in [9.17, 15) is 9.59 Å². The summed E-state index contributed by atoms with van der Waals surface area (Å²) < 4.78 is 10.5. The SMILES string of the molecule is COCC(=O)N(C)Cc1ccc(-c2ccc(C(=O)Nc3ccc(OC)c(N4CCN(C)CC4)c3)cc2)c(C)c1. The number of amides is 2. The molecule has 3 aromatic rings. The Labute approximate surface area is 231 Å². The second-order valence-electron chi connectivity index (χ2n) is 10.0. The van der Waals surface area contributed by atoms with Gasteiger partial charge in [0.25, 0.3) is 5.91 Å². The first-order valence-electron chi connectivity index (χ1n) is 13.1. The van der Waals surface area contributed by atoms with Crippen LogP contribution in [0.25, 0.3) is 11.1 Å². The van der Waals surface area contributed by atoms with E-state index in [1.54, 1.807) is 19.1 Å². The van der Waals surface area contributed by atoms with Crippen molar-refractivity contribution < 1.29 is 19.1 Å². The Kier molecular flexibility index (Phi) is 9.22. The zero-order chi connectivity index (χ0) is 27.9. The highest BCUT2D eigenvalue weighted by molar-refractivity contribution is 6.04. The summed E-state index contributed by atoms with van der Waals surface area (Å²) in [5.74, 6) is 0.585. The highest BCUT2D eigenvalue weighted by Crippen LogP contribution is 2.32. The number of likely N-dealkylation sites (N-methyl/N-ethyl adjacent to an activating group) is 2. The van der Waals surface area contributed by atoms with Crippen LogP contribution in [0.2, 0.25) is 0 Å². The van der Waals surface area contributed by atoms with Crippen molar-refractivity contribution in [2.45, 2.75) is 13.5 Å². The first-order valence-corrected chi connectivity index (χ1v) is 13.1. The van der Waals surface area contributed by atoms with Crippen LogP contribution < -0.4 is 15.0 Å². The first kappa shape index (κ1) is 28.1. The van der Waals surface area contributed by atoms with Gasteiger partial charge in [0.2, 0.25) is 5.91 Å². The molecule has 1 heterocycles. The molecule has 1 aliphatic heterocycles. The zero-order valence-corrected chi connectivity index (χ0v) is 23.5. The van der Waals surface area contributed by atoms with Crippen molar-refractivity contribution in [3.63, 3.8) is 0 Å². The predicted octanol–water partition coefficient (Wildman–Crippen LogP) is 4.28. The van der Waals surface area contributed by atoms with Crippen molar-refractivity contribution in [1.29, 1.82) is 0 Å². The number of carbonyl (C=O) groups is 2. The van der Waals surface area contributed by atoms with Crippen LogP contribution in [0.4, 0.5) is 11.4 Å². The standard InChI is InChI=1S/C31H38N4O4/c1-22-18-23(20-34(3)30(36)21-38-4)6-12-27(22)24-7-9-25(10-8-24)31(37)32-26-11-13-29(39-5)28(19-26)35-16-14-33(2)15-17-35/h6-13,18-19H,14-17,20-21H2,1-5H3,(H,32,37). The molecule has 8 heteroatoms. The highest BCUT2D eigenvalue weighted by atomic mass is 16.5. The van der Waals surface area contributed by atoms with Crippen LogP contribution in [0.3, 0.4) is 0 Å². The maximum absolute atomic E-state index is 13.1. The zero-order valence-electron chi connectivity index (χ0n) is 23.5. The Bertz CT molecular complexity index is 1300. The number of hydrogen-bond acceptors (Lipinski definition) is 6. The summed E-state index contributed by atoms with van der Waals surface area (Å²) in [5, 5.41) is 3.04. The van der Waals surface area contributed by atoms with Crippen molar-refractivity contribution in [3.8, 4) is 16.9 Å². The molecule has 1 saturated heterocycles. The Morgan fingerprint density at radius 1 is 0.949 bits per heavy atom. The molecule has 1 fully saturated rings. The molecule has 0 unspecified atom stereocenters. The number of ether oxygens (including phenoxy) is 2. The molecule has 0 bridgehead atoms. The molecule has 1 N–H and O–H groups in total. The van der Waals surface area contributed by atoms with Crippen molar-refractivity contribution in [3.05, 3.63) is 77.4 Å². The van der Waals surface area contributed by atoms with Crippen LogP contribution in [0.15, 0.2) is 60.7 Å². The van der Waals surface area contributed by atoms with Crippen LogP contribution in [0.5, 0.6) is 5.75 Å². The van der Waals surface area contributed by atoms with Crippen molar-refractivity contribution >= 4 is 23.2 Å². The second kappa shape index (κ2) is 12.8. The molecule has 4 rings (SSSR count). The van der Waals surface area contributed by atoms with E-state index >= 15 is 0 Å². The van der Waals surface area contributed by atoms with Gasteiger partial charge in [-0.1, -0.05) is 30.3 Å². The quantitative estimate of drug-likeness (QED) is 0.445. The summed E-state index contributed by atoms with van der Waals surface area (Å²) in [5.41, 5.74) is 6.58. The largest absolute Gasteiger partial charge is 0.495 e. The summed E-state index contributed by atoms with van der Waals surface area (Å²) in [6, 6.07) is 19.6. The number of nitrogens with one attached hydrogen (secondary N) is 1. The smallest absolute Gasteiger partial charge is 0.255 e. The minimum Gasteiger partial charge on any atom is -0.495 e. The molecule has 3 aromatic carbocycles. The minimum atomic E-state index is -0.160. The molecule has 0 aliphatic carbocycles. The number of anilines is 2. The van der Waals surface area contributed by atoms with Gasteiger partial charge in [0.1, 0.15) is 12.4 Å². The van der Waals surface area contributed by atoms with Crippen LogP contribution in [-0.2, 0) is 16.1 Å². The lowest BCUT2D eigenvalue weighted by Crippen LogP contribution is -2.44. The van der Waals surface area contributed by atoms with Gasteiger partial charge in [0.05, 0.1) is 12.8 Å². The number of carbonyl (C=O) groups excluding carboxylic acids is 2. The average Bonchev–Trinajstić information content (AvgIpc) is 2.94. The predicted molar refractivity (Wildman–Crippen MR) is 156 cm³/mol. The van der Waals surface area contributed by atoms with E-state index < -0.39 is 0 Å². The average molecular weight is 531 g/mol. The lowest BCUT2D eigenvalue weighted by atomic mass is 9.97. The minimum absolute atomic E-state index is 0.0571. The Hall–Kier alpha value is -3.88. The molecule has 1 aliphatic rings. The monoisotopic (exact) mass is 530 g/mol. The fourth-order valence-corrected chi connectivity index (χ4v) is 4.81. The van der Waals surface area contributed by atoms with E-state index in [1.165, 1.54) is 7.11 Å². The van der Waals surface area contributed by atoms with Crippen molar-refractivity contribution in [2.24, 2.45) is 0 Å². The molecule has 0 aromatic heterocycles. The fraction of sp³-hybridized carbons (Fsp3) is 0.355. The molecule has 0 atom stereocenters. The van der Waals surface area contributed by atoms with Gasteiger partial charge >= 0.3 is 0 Å². The van der Waals surface area contributed by atoms with Gasteiger partial charge in [-0.3, -0.25) is 9.59 Å². The molecule has 8 nitrogen and oxygen atoms in total. The van der Waals surface area contributed by atoms with Gasteiger partial charge in [-0.25, -0.2) is 0 Å². The number of benzene rings is 3. The van der Waals surface area contributed by atoms with E-state index in [1.807, 2.05) is 48.5 Å². The van der Waals surface area contributed by atoms with Gasteiger partial charge in [0, 0.05) is 58.1 Å². The summed E-state index contributed by atoms with van der Waals surface area (Å²) in [7, 11) is 7.09. The summed E-state index contributed by atoms with van der Waals surface area (Å²) in [6.45, 7) is 6.44. The van der Waals surface area contributed by atoms with E-state index in [2.05, 4.69) is 41.2 Å². The molecule has 2 amide bonds. The van der Waals surface area contributed by atoms with Gasteiger partial charge in [-0.2, -0.15) is 0 Å². The first-order chi connectivity index (χ1) is 18.8. The Morgan fingerprint density at radius 2 is 1.67 bits per heavy atom.